The number of benzene rings is 1. The standard InChI is InChI=1S/C21H29N3O4/c1-3-5-12-26-20-16-24(27-13-6-4-2)17(14-19(20)25)15-23-21(22)28-18-10-8-7-9-11-18/h7-11,14,16H,3-6,12-13,15H2,1-2H3,(H2,22,23). The number of pyridine rings is 1. The van der Waals surface area contributed by atoms with Gasteiger partial charge in [0.2, 0.25) is 5.43 Å². The van der Waals surface area contributed by atoms with Crippen molar-refractivity contribution < 1.29 is 14.3 Å². The maximum atomic E-state index is 12.3. The van der Waals surface area contributed by atoms with Crippen molar-refractivity contribution in [1.82, 2.24) is 10.0 Å². The zero-order chi connectivity index (χ0) is 20.2. The summed E-state index contributed by atoms with van der Waals surface area (Å²) in [7, 11) is 0. The number of nitrogens with zero attached hydrogens (tertiary/aromatic N) is 1. The van der Waals surface area contributed by atoms with Crippen LogP contribution in [-0.4, -0.2) is 24.0 Å². The van der Waals surface area contributed by atoms with Crippen molar-refractivity contribution in [2.45, 2.75) is 46.1 Å². The molecule has 1 heterocycles. The zero-order valence-corrected chi connectivity index (χ0v) is 16.6. The van der Waals surface area contributed by atoms with Gasteiger partial charge in [-0.3, -0.25) is 10.2 Å². The predicted octanol–water partition coefficient (Wildman–Crippen LogP) is 3.36. The van der Waals surface area contributed by atoms with E-state index in [9.17, 15) is 4.79 Å². The smallest absolute Gasteiger partial charge is 0.287 e. The second-order valence-electron chi connectivity index (χ2n) is 6.31. The molecule has 0 aliphatic heterocycles. The summed E-state index contributed by atoms with van der Waals surface area (Å²) in [5.41, 5.74) is 0.379. The molecule has 7 heteroatoms. The van der Waals surface area contributed by atoms with Crippen LogP contribution in [0.2, 0.25) is 0 Å². The van der Waals surface area contributed by atoms with Gasteiger partial charge in [0.15, 0.2) is 5.75 Å². The van der Waals surface area contributed by atoms with Gasteiger partial charge in [-0.1, -0.05) is 44.9 Å². The van der Waals surface area contributed by atoms with Gasteiger partial charge in [-0.15, -0.1) is 0 Å². The van der Waals surface area contributed by atoms with Crippen LogP contribution in [-0.2, 0) is 6.54 Å². The third-order valence-corrected chi connectivity index (χ3v) is 3.94. The van der Waals surface area contributed by atoms with Crippen LogP contribution in [0.1, 0.15) is 45.2 Å². The lowest BCUT2D eigenvalue weighted by atomic mass is 10.3. The summed E-state index contributed by atoms with van der Waals surface area (Å²) >= 11 is 0. The summed E-state index contributed by atoms with van der Waals surface area (Å²) in [4.78, 5) is 18.1. The third-order valence-electron chi connectivity index (χ3n) is 3.94. The molecule has 2 aromatic rings. The molecular formula is C21H29N3O4. The number of para-hydroxylation sites is 1. The molecule has 0 unspecified atom stereocenters. The van der Waals surface area contributed by atoms with E-state index in [-0.39, 0.29) is 23.7 Å². The van der Waals surface area contributed by atoms with Gasteiger partial charge in [0.05, 0.1) is 25.0 Å². The van der Waals surface area contributed by atoms with E-state index in [0.29, 0.717) is 24.7 Å². The minimum absolute atomic E-state index is 0.109. The molecule has 0 bridgehead atoms. The van der Waals surface area contributed by atoms with Crippen LogP contribution in [0.5, 0.6) is 11.5 Å². The van der Waals surface area contributed by atoms with E-state index in [1.165, 1.54) is 6.07 Å². The molecule has 28 heavy (non-hydrogen) atoms. The molecule has 2 N–H and O–H groups in total. The molecule has 0 radical (unpaired) electrons. The lowest BCUT2D eigenvalue weighted by Crippen LogP contribution is -2.31. The number of amidine groups is 1. The first-order chi connectivity index (χ1) is 13.6. The van der Waals surface area contributed by atoms with E-state index in [0.717, 1.165) is 25.7 Å². The van der Waals surface area contributed by atoms with Crippen molar-refractivity contribution in [2.75, 3.05) is 13.2 Å². The number of rotatable bonds is 11. The highest BCUT2D eigenvalue weighted by molar-refractivity contribution is 5.72. The van der Waals surface area contributed by atoms with Gasteiger partial charge in [-0.2, -0.15) is 4.73 Å². The van der Waals surface area contributed by atoms with E-state index in [4.69, 9.17) is 19.7 Å². The summed E-state index contributed by atoms with van der Waals surface area (Å²) in [5, 5.41) is 10.8. The lowest BCUT2D eigenvalue weighted by molar-refractivity contribution is 0.0965. The number of hydrogen-bond donors (Lipinski definition) is 2. The fourth-order valence-electron chi connectivity index (χ4n) is 2.34. The Morgan fingerprint density at radius 1 is 1.11 bits per heavy atom. The molecule has 0 saturated carbocycles. The van der Waals surface area contributed by atoms with Gasteiger partial charge in [0.1, 0.15) is 12.4 Å². The van der Waals surface area contributed by atoms with E-state index >= 15 is 0 Å². The van der Waals surface area contributed by atoms with Crippen molar-refractivity contribution in [3.8, 4) is 11.5 Å². The number of hydrogen-bond acceptors (Lipinski definition) is 5. The number of unbranched alkanes of at least 4 members (excludes halogenated alkanes) is 2. The van der Waals surface area contributed by atoms with Crippen molar-refractivity contribution >= 4 is 6.02 Å². The van der Waals surface area contributed by atoms with Crippen LogP contribution in [0.3, 0.4) is 0 Å². The van der Waals surface area contributed by atoms with Gasteiger partial charge in [-0.25, -0.2) is 0 Å². The van der Waals surface area contributed by atoms with Crippen molar-refractivity contribution in [2.24, 2.45) is 0 Å². The average Bonchev–Trinajstić information content (AvgIpc) is 2.70. The fraction of sp³-hybridized carbons (Fsp3) is 0.429. The van der Waals surface area contributed by atoms with Crippen LogP contribution in [0.4, 0.5) is 0 Å². The Morgan fingerprint density at radius 2 is 1.82 bits per heavy atom. The molecule has 1 aromatic carbocycles. The highest BCUT2D eigenvalue weighted by Gasteiger charge is 2.10. The molecule has 0 spiro atoms. The molecule has 0 atom stereocenters. The summed E-state index contributed by atoms with van der Waals surface area (Å²) in [6, 6.07) is 10.4. The van der Waals surface area contributed by atoms with Crippen LogP contribution in [0.15, 0.2) is 47.4 Å². The third kappa shape index (κ3) is 6.98. The van der Waals surface area contributed by atoms with Gasteiger partial charge in [0.25, 0.3) is 6.02 Å². The maximum absolute atomic E-state index is 12.3. The molecular weight excluding hydrogens is 358 g/mol. The molecule has 0 saturated heterocycles. The Balaban J connectivity index is 2.06. The summed E-state index contributed by atoms with van der Waals surface area (Å²) in [6.07, 6.45) is 5.35. The van der Waals surface area contributed by atoms with E-state index in [1.54, 1.807) is 23.1 Å². The average molecular weight is 387 g/mol. The van der Waals surface area contributed by atoms with Gasteiger partial charge >= 0.3 is 0 Å². The minimum atomic E-state index is -0.209. The monoisotopic (exact) mass is 387 g/mol. The first-order valence-electron chi connectivity index (χ1n) is 9.71. The predicted molar refractivity (Wildman–Crippen MR) is 109 cm³/mol. The van der Waals surface area contributed by atoms with Crippen LogP contribution in [0.25, 0.3) is 0 Å². The maximum Gasteiger partial charge on any atom is 0.287 e. The van der Waals surface area contributed by atoms with Gasteiger partial charge in [-0.05, 0) is 25.0 Å². The normalized spacial score (nSPS) is 10.4. The zero-order valence-electron chi connectivity index (χ0n) is 16.6. The largest absolute Gasteiger partial charge is 0.488 e. The van der Waals surface area contributed by atoms with Crippen molar-refractivity contribution in [3.05, 3.63) is 58.5 Å². The molecule has 0 fully saturated rings. The van der Waals surface area contributed by atoms with Crippen LogP contribution < -0.4 is 25.1 Å². The quantitative estimate of drug-likeness (QED) is 0.351. The minimum Gasteiger partial charge on any atom is -0.488 e. The van der Waals surface area contributed by atoms with Crippen molar-refractivity contribution in [3.63, 3.8) is 0 Å². The van der Waals surface area contributed by atoms with E-state index in [2.05, 4.69) is 19.2 Å². The summed E-state index contributed by atoms with van der Waals surface area (Å²) in [6.45, 7) is 5.38. The van der Waals surface area contributed by atoms with Crippen LogP contribution >= 0.6 is 0 Å². The van der Waals surface area contributed by atoms with E-state index in [1.807, 2.05) is 18.2 Å². The van der Waals surface area contributed by atoms with E-state index < -0.39 is 0 Å². The highest BCUT2D eigenvalue weighted by Crippen LogP contribution is 2.09. The number of ether oxygens (including phenoxy) is 2. The van der Waals surface area contributed by atoms with Crippen LogP contribution in [0, 0.1) is 5.41 Å². The molecule has 0 amide bonds. The Hall–Kier alpha value is -2.96. The van der Waals surface area contributed by atoms with Gasteiger partial charge < -0.3 is 19.6 Å². The SMILES string of the molecule is CCCCOc1cn(OCCCC)c(CNC(=N)Oc2ccccc2)cc1=O. The first kappa shape index (κ1) is 21.3. The molecule has 152 valence electrons. The Morgan fingerprint density at radius 3 is 2.54 bits per heavy atom. The summed E-state index contributed by atoms with van der Waals surface area (Å²) in [5.74, 6) is 0.834. The molecule has 2 rings (SSSR count). The molecule has 7 nitrogen and oxygen atoms in total. The molecule has 0 aliphatic rings. The topological polar surface area (TPSA) is 85.6 Å². The Labute approximate surface area is 165 Å². The Kier molecular flexibility index (Phi) is 8.91. The second kappa shape index (κ2) is 11.7. The summed E-state index contributed by atoms with van der Waals surface area (Å²) < 4.78 is 12.5. The highest BCUT2D eigenvalue weighted by atomic mass is 16.7. The molecule has 1 aromatic heterocycles. The van der Waals surface area contributed by atoms with Gasteiger partial charge in [0, 0.05) is 6.07 Å². The number of aromatic nitrogens is 1. The number of nitrogens with one attached hydrogen (secondary N) is 2. The fourth-order valence-corrected chi connectivity index (χ4v) is 2.34. The van der Waals surface area contributed by atoms with Crippen molar-refractivity contribution in [1.29, 1.82) is 5.41 Å². The first-order valence-corrected chi connectivity index (χ1v) is 9.71. The Bertz CT molecular complexity index is 790. The molecule has 0 aliphatic carbocycles. The second-order valence-corrected chi connectivity index (χ2v) is 6.31. The lowest BCUT2D eigenvalue weighted by Gasteiger charge is -2.17.